The van der Waals surface area contributed by atoms with Crippen LogP contribution in [0.5, 0.6) is 23.0 Å². The third kappa shape index (κ3) is 37.4. The largest absolute Gasteiger partial charge is 0.492 e. The van der Waals surface area contributed by atoms with Gasteiger partial charge in [-0.05, 0) is 206 Å². The van der Waals surface area contributed by atoms with E-state index in [0.29, 0.717) is 125 Å². The first kappa shape index (κ1) is 84.7. The zero-order chi connectivity index (χ0) is 71.5. The van der Waals surface area contributed by atoms with Gasteiger partial charge in [-0.3, -0.25) is 36.7 Å². The van der Waals surface area contributed by atoms with Crippen molar-refractivity contribution < 1.29 is 69.4 Å². The Morgan fingerprint density at radius 3 is 0.823 bits per heavy atom. The summed E-state index contributed by atoms with van der Waals surface area (Å²) in [5.74, 6) is 4.86. The lowest BCUT2D eigenvalue weighted by Gasteiger charge is -2.10. The molecule has 6 rings (SSSR count). The standard InChI is InChI=1S/C19H23BrN2O4S.C18H20Br2N2O4S.2C13H19BrN2O4S/c1-14-4-7-17(8-5-14)27(23,24)26-11-3-10-25-19-9-6-16(12-18(19)20)13-22-15(2)21;1-13(21)22-12-14-3-8-18(17(20)11-14)25-9-2-10-26-27(23,24)16-6-4-15(19)5-7-16;2*1-10(15)16-9-11-4-5-13(12(14)8-11)19-6-3-7-20-21(2,17)18/h4-9,12H,3,10-11,13H2,1-2H3,(H2,21,22);3-8,11H,2,9-10,12H2,1H3,(H2,21,22);2*4-5,8H,3,6-7,9H2,1-2H3,(H2,15,16). The molecule has 0 aliphatic carbocycles. The van der Waals surface area contributed by atoms with Crippen LogP contribution < -0.4 is 41.9 Å². The predicted octanol–water partition coefficient (Wildman–Crippen LogP) is 12.2. The van der Waals surface area contributed by atoms with Crippen LogP contribution in [0.3, 0.4) is 0 Å². The van der Waals surface area contributed by atoms with Gasteiger partial charge in [0.1, 0.15) is 23.0 Å². The molecule has 0 bridgehead atoms. The van der Waals surface area contributed by atoms with E-state index in [1.807, 2.05) is 79.7 Å². The summed E-state index contributed by atoms with van der Waals surface area (Å²) in [4.78, 5) is 16.9. The molecule has 0 aromatic heterocycles. The normalized spacial score (nSPS) is 12.3. The van der Waals surface area contributed by atoms with Crippen molar-refractivity contribution in [3.8, 4) is 23.0 Å². The maximum absolute atomic E-state index is 12.1. The summed E-state index contributed by atoms with van der Waals surface area (Å²) >= 11 is 17.0. The Morgan fingerprint density at radius 2 is 0.594 bits per heavy atom. The second-order valence-corrected chi connectivity index (χ2v) is 31.4. The second-order valence-electron chi connectivity index (χ2n) is 20.6. The molecule has 96 heavy (non-hydrogen) atoms. The van der Waals surface area contributed by atoms with Crippen molar-refractivity contribution in [1.29, 1.82) is 0 Å². The molecule has 6 aromatic carbocycles. The Bertz CT molecular complexity index is 3750. The van der Waals surface area contributed by atoms with Gasteiger partial charge in [-0.1, -0.05) is 57.9 Å². The average molecular weight is 1730 g/mol. The van der Waals surface area contributed by atoms with Gasteiger partial charge in [0, 0.05) is 30.2 Å². The number of hydrogen-bond donors (Lipinski definition) is 4. The molecule has 8 N–H and O–H groups in total. The van der Waals surface area contributed by atoms with Crippen molar-refractivity contribution in [2.75, 3.05) is 65.4 Å². The maximum atomic E-state index is 12.1. The van der Waals surface area contributed by atoms with E-state index in [-0.39, 0.29) is 36.2 Å². The Morgan fingerprint density at radius 1 is 0.354 bits per heavy atom. The third-order valence-electron chi connectivity index (χ3n) is 11.7. The summed E-state index contributed by atoms with van der Waals surface area (Å²) in [6, 6.07) is 35.4. The number of hydrogen-bond acceptors (Lipinski definition) is 20. The first-order valence-electron chi connectivity index (χ1n) is 29.1. The van der Waals surface area contributed by atoms with Crippen molar-refractivity contribution in [2.24, 2.45) is 42.9 Å². The first-order valence-corrected chi connectivity index (χ1v) is 39.5. The van der Waals surface area contributed by atoms with Crippen LogP contribution >= 0.6 is 79.6 Å². The van der Waals surface area contributed by atoms with E-state index < -0.39 is 40.5 Å². The molecular weight excluding hydrogens is 1650 g/mol. The van der Waals surface area contributed by atoms with Crippen LogP contribution in [0.1, 0.15) is 81.2 Å². The number of rotatable bonds is 34. The van der Waals surface area contributed by atoms with E-state index in [0.717, 1.165) is 62.7 Å². The molecule has 24 nitrogen and oxygen atoms in total. The molecule has 0 fully saturated rings. The van der Waals surface area contributed by atoms with Crippen LogP contribution in [-0.4, -0.2) is 122 Å². The Hall–Kier alpha value is -5.56. The highest BCUT2D eigenvalue weighted by molar-refractivity contribution is 9.11. The van der Waals surface area contributed by atoms with Gasteiger partial charge in [0.2, 0.25) is 0 Å². The predicted molar refractivity (Wildman–Crippen MR) is 394 cm³/mol. The van der Waals surface area contributed by atoms with Gasteiger partial charge in [-0.25, -0.2) is 0 Å². The highest BCUT2D eigenvalue weighted by Crippen LogP contribution is 2.30. The summed E-state index contributed by atoms with van der Waals surface area (Å²) < 4.78 is 137. The fourth-order valence-electron chi connectivity index (χ4n) is 7.07. The molecule has 0 radical (unpaired) electrons. The smallest absolute Gasteiger partial charge is 0.296 e. The molecule has 0 aliphatic rings. The van der Waals surface area contributed by atoms with Gasteiger partial charge in [-0.2, -0.15) is 33.7 Å². The zero-order valence-corrected chi connectivity index (χ0v) is 65.2. The highest BCUT2D eigenvalue weighted by Gasteiger charge is 2.17. The lowest BCUT2D eigenvalue weighted by molar-refractivity contribution is 0.249. The third-order valence-corrected chi connectivity index (χ3v) is 18.5. The number of halogens is 5. The molecule has 0 aliphatic heterocycles. The van der Waals surface area contributed by atoms with Gasteiger partial charge in [-0.15, -0.1) is 0 Å². The van der Waals surface area contributed by atoms with E-state index in [1.165, 1.54) is 24.3 Å². The number of aliphatic imine (C=N–C) groups is 4. The molecule has 6 aromatic rings. The van der Waals surface area contributed by atoms with Crippen LogP contribution in [0.15, 0.2) is 173 Å². The fourth-order valence-corrected chi connectivity index (χ4v) is 12.2. The minimum Gasteiger partial charge on any atom is -0.492 e. The van der Waals surface area contributed by atoms with Crippen LogP contribution in [0.25, 0.3) is 0 Å². The number of nitrogens with zero attached hydrogens (tertiary/aromatic N) is 4. The van der Waals surface area contributed by atoms with Gasteiger partial charge in [0.25, 0.3) is 40.5 Å². The van der Waals surface area contributed by atoms with E-state index >= 15 is 0 Å². The van der Waals surface area contributed by atoms with Gasteiger partial charge in [0.05, 0.1) is 143 Å². The van der Waals surface area contributed by atoms with Crippen LogP contribution in [0.4, 0.5) is 0 Å². The summed E-state index contributed by atoms with van der Waals surface area (Å²) in [5.41, 5.74) is 27.1. The summed E-state index contributed by atoms with van der Waals surface area (Å²) in [6.45, 7) is 12.6. The van der Waals surface area contributed by atoms with Gasteiger partial charge < -0.3 is 41.9 Å². The molecule has 0 spiro atoms. The van der Waals surface area contributed by atoms with E-state index in [4.69, 9.17) is 50.2 Å². The lowest BCUT2D eigenvalue weighted by atomic mass is 10.2. The number of ether oxygens (including phenoxy) is 4. The van der Waals surface area contributed by atoms with Gasteiger partial charge >= 0.3 is 0 Å². The minimum atomic E-state index is -3.76. The molecule has 0 amide bonds. The summed E-state index contributed by atoms with van der Waals surface area (Å²) in [7, 11) is -14.3. The minimum absolute atomic E-state index is 0.0403. The van der Waals surface area contributed by atoms with Crippen molar-refractivity contribution in [2.45, 2.75) is 96.3 Å². The molecule has 0 saturated heterocycles. The van der Waals surface area contributed by atoms with E-state index in [2.05, 4.69) is 108 Å². The first-order chi connectivity index (χ1) is 45.1. The van der Waals surface area contributed by atoms with E-state index in [9.17, 15) is 33.7 Å². The van der Waals surface area contributed by atoms with Crippen LogP contribution in [0, 0.1) is 6.92 Å². The van der Waals surface area contributed by atoms with E-state index in [1.54, 1.807) is 52.0 Å². The average Bonchev–Trinajstić information content (AvgIpc) is 1.45. The summed E-state index contributed by atoms with van der Waals surface area (Å²) in [5, 5.41) is 0. The SMILES string of the molecule is CC(N)=NCc1ccc(OCCCOS(=O)(=O)c2ccc(Br)cc2)c(Br)c1.CC(N)=NCc1ccc(OCCCOS(=O)(=O)c2ccc(C)cc2)c(Br)c1.CC(N)=NCc1ccc(OCCCOS(C)(=O)=O)c(Br)c1.CC(N)=NCc1ccc(OCCCOS(C)(=O)=O)c(Br)c1. The quantitative estimate of drug-likeness (QED) is 0.0126. The molecule has 0 heterocycles. The fraction of sp³-hybridized carbons (Fsp3) is 0.365. The number of aryl methyl sites for hydroxylation is 1. The van der Waals surface area contributed by atoms with Crippen molar-refractivity contribution in [1.82, 2.24) is 0 Å². The lowest BCUT2D eigenvalue weighted by Crippen LogP contribution is -2.10. The topological polar surface area (TPSA) is 364 Å². The number of benzene rings is 6. The van der Waals surface area contributed by atoms with Crippen LogP contribution in [0.2, 0.25) is 0 Å². The monoisotopic (exact) mass is 1730 g/mol. The number of amidine groups is 4. The van der Waals surface area contributed by atoms with Gasteiger partial charge in [0.15, 0.2) is 0 Å². The molecular formula is C63H81Br5N8O16S4. The Balaban J connectivity index is 0.000000336. The summed E-state index contributed by atoms with van der Waals surface area (Å²) in [6.07, 6.45) is 3.88. The van der Waals surface area contributed by atoms with Crippen molar-refractivity contribution in [3.05, 3.63) is 172 Å². The molecule has 0 saturated carbocycles. The van der Waals surface area contributed by atoms with Crippen molar-refractivity contribution in [3.63, 3.8) is 0 Å². The zero-order valence-electron chi connectivity index (χ0n) is 54.0. The Kier molecular flexibility index (Phi) is 38.6. The highest BCUT2D eigenvalue weighted by atomic mass is 79.9. The molecule has 528 valence electrons. The van der Waals surface area contributed by atoms with Crippen molar-refractivity contribution >= 4 is 143 Å². The second kappa shape index (κ2) is 43.8. The number of nitrogens with two attached hydrogens (primary N) is 4. The van der Waals surface area contributed by atoms with Crippen LogP contribution in [-0.2, 0) is 83.4 Å². The molecule has 0 unspecified atom stereocenters. The molecule has 33 heteroatoms. The molecule has 0 atom stereocenters. The Labute approximate surface area is 606 Å². The maximum Gasteiger partial charge on any atom is 0.296 e.